The van der Waals surface area contributed by atoms with E-state index in [4.69, 9.17) is 23.2 Å². The van der Waals surface area contributed by atoms with Crippen LogP contribution in [0.15, 0.2) is 52.6 Å². The molecule has 0 aromatic heterocycles. The number of hydrogen-bond donors (Lipinski definition) is 2. The maximum atomic E-state index is 13.2. The quantitative estimate of drug-likeness (QED) is 0.570. The standard InChI is InChI=1S/C22H20BrCl2N3O3/c1-26-19(29)12-28-20(8-5-13-3-6-15(23)7-4-13)27(2)18(22(28)31)11-14-9-16(24)21(30)17(25)10-14/h3-11,20,30H,12H2,1-2H3,(H,26,29)/b8-5+,18-11-. The van der Waals surface area contributed by atoms with Gasteiger partial charge < -0.3 is 20.2 Å². The van der Waals surface area contributed by atoms with Crippen LogP contribution in [0.2, 0.25) is 10.0 Å². The minimum Gasteiger partial charge on any atom is -0.505 e. The smallest absolute Gasteiger partial charge is 0.272 e. The summed E-state index contributed by atoms with van der Waals surface area (Å²) >= 11 is 15.4. The number of hydrogen-bond acceptors (Lipinski definition) is 4. The van der Waals surface area contributed by atoms with Gasteiger partial charge >= 0.3 is 0 Å². The molecule has 0 spiro atoms. The second-order valence-corrected chi connectivity index (χ2v) is 8.63. The van der Waals surface area contributed by atoms with Gasteiger partial charge in [-0.25, -0.2) is 0 Å². The van der Waals surface area contributed by atoms with E-state index in [1.165, 1.54) is 24.1 Å². The van der Waals surface area contributed by atoms with E-state index in [0.717, 1.165) is 10.0 Å². The van der Waals surface area contributed by atoms with Crippen molar-refractivity contribution in [3.63, 3.8) is 0 Å². The monoisotopic (exact) mass is 523 g/mol. The molecule has 0 bridgehead atoms. The van der Waals surface area contributed by atoms with Crippen LogP contribution in [0.1, 0.15) is 11.1 Å². The van der Waals surface area contributed by atoms with Crippen molar-refractivity contribution in [2.75, 3.05) is 20.6 Å². The van der Waals surface area contributed by atoms with Gasteiger partial charge in [-0.05, 0) is 47.5 Å². The molecule has 0 aliphatic carbocycles. The van der Waals surface area contributed by atoms with E-state index in [1.807, 2.05) is 36.4 Å². The molecule has 2 aromatic carbocycles. The highest BCUT2D eigenvalue weighted by Gasteiger charge is 2.39. The van der Waals surface area contributed by atoms with Gasteiger partial charge in [0.25, 0.3) is 5.91 Å². The molecule has 1 aliphatic heterocycles. The Kier molecular flexibility index (Phi) is 7.30. The van der Waals surface area contributed by atoms with Crippen molar-refractivity contribution in [2.24, 2.45) is 0 Å². The van der Waals surface area contributed by atoms with Crippen LogP contribution in [0.4, 0.5) is 0 Å². The van der Waals surface area contributed by atoms with E-state index < -0.39 is 6.17 Å². The Labute approximate surface area is 198 Å². The SMILES string of the molecule is CNC(=O)CN1C(=O)/C(=C/c2cc(Cl)c(O)c(Cl)c2)N(C)C1/C=C/c1ccc(Br)cc1. The summed E-state index contributed by atoms with van der Waals surface area (Å²) in [5, 5.41) is 12.5. The maximum absolute atomic E-state index is 13.2. The van der Waals surface area contributed by atoms with Crippen molar-refractivity contribution in [2.45, 2.75) is 6.17 Å². The fraction of sp³-hybridized carbons (Fsp3) is 0.182. The van der Waals surface area contributed by atoms with E-state index in [9.17, 15) is 14.7 Å². The Morgan fingerprint density at radius 2 is 1.81 bits per heavy atom. The molecule has 1 atom stereocenters. The van der Waals surface area contributed by atoms with Crippen molar-refractivity contribution in [3.8, 4) is 5.75 Å². The number of amides is 2. The van der Waals surface area contributed by atoms with Gasteiger partial charge in [0.15, 0.2) is 5.75 Å². The van der Waals surface area contributed by atoms with Crippen molar-refractivity contribution >= 4 is 63.1 Å². The third kappa shape index (κ3) is 5.23. The van der Waals surface area contributed by atoms with Crippen LogP contribution in [0.25, 0.3) is 12.2 Å². The number of carbonyl (C=O) groups excluding carboxylic acids is 2. The summed E-state index contributed by atoms with van der Waals surface area (Å²) in [4.78, 5) is 28.4. The first-order valence-electron chi connectivity index (χ1n) is 9.29. The first-order chi connectivity index (χ1) is 14.7. The fourth-order valence-electron chi connectivity index (χ4n) is 3.16. The molecule has 1 aliphatic rings. The molecule has 1 saturated heterocycles. The number of benzene rings is 2. The Morgan fingerprint density at radius 1 is 1.19 bits per heavy atom. The minimum absolute atomic E-state index is 0.0846. The summed E-state index contributed by atoms with van der Waals surface area (Å²) in [7, 11) is 3.30. The topological polar surface area (TPSA) is 72.9 Å². The van der Waals surface area contributed by atoms with Crippen molar-refractivity contribution in [1.82, 2.24) is 15.1 Å². The molecule has 31 heavy (non-hydrogen) atoms. The Balaban J connectivity index is 1.97. The summed E-state index contributed by atoms with van der Waals surface area (Å²) < 4.78 is 0.968. The molecule has 6 nitrogen and oxygen atoms in total. The Bertz CT molecular complexity index is 1050. The largest absolute Gasteiger partial charge is 0.505 e. The number of carbonyl (C=O) groups is 2. The zero-order chi connectivity index (χ0) is 22.7. The summed E-state index contributed by atoms with van der Waals surface area (Å²) in [6, 6.07) is 10.8. The number of rotatable bonds is 5. The predicted octanol–water partition coefficient (Wildman–Crippen LogP) is 4.36. The third-order valence-corrected chi connectivity index (χ3v) is 5.95. The zero-order valence-corrected chi connectivity index (χ0v) is 19.9. The molecule has 1 heterocycles. The molecule has 2 N–H and O–H groups in total. The van der Waals surface area contributed by atoms with Crippen LogP contribution in [0, 0.1) is 0 Å². The van der Waals surface area contributed by atoms with E-state index in [-0.39, 0.29) is 34.2 Å². The van der Waals surface area contributed by atoms with Gasteiger partial charge in [-0.2, -0.15) is 0 Å². The van der Waals surface area contributed by atoms with Gasteiger partial charge in [0.05, 0.1) is 10.0 Å². The molecule has 9 heteroatoms. The van der Waals surface area contributed by atoms with Crippen LogP contribution in [0.3, 0.4) is 0 Å². The van der Waals surface area contributed by atoms with Gasteiger partial charge in [-0.1, -0.05) is 57.3 Å². The molecule has 162 valence electrons. The van der Waals surface area contributed by atoms with E-state index in [2.05, 4.69) is 21.2 Å². The van der Waals surface area contributed by atoms with Crippen LogP contribution < -0.4 is 5.32 Å². The lowest BCUT2D eigenvalue weighted by Crippen LogP contribution is -2.42. The lowest BCUT2D eigenvalue weighted by Gasteiger charge is -2.25. The maximum Gasteiger partial charge on any atom is 0.272 e. The number of halogens is 3. The number of nitrogens with zero attached hydrogens (tertiary/aromatic N) is 2. The lowest BCUT2D eigenvalue weighted by atomic mass is 10.1. The molecule has 2 amide bonds. The molecule has 1 fully saturated rings. The van der Waals surface area contributed by atoms with E-state index >= 15 is 0 Å². The van der Waals surface area contributed by atoms with Crippen molar-refractivity contribution < 1.29 is 14.7 Å². The zero-order valence-electron chi connectivity index (χ0n) is 16.8. The average Bonchev–Trinajstić information content (AvgIpc) is 2.95. The summed E-state index contributed by atoms with van der Waals surface area (Å²) in [6.07, 6.45) is 4.92. The molecular formula is C22H20BrCl2N3O3. The number of phenols is 1. The second-order valence-electron chi connectivity index (χ2n) is 6.90. The summed E-state index contributed by atoms with van der Waals surface area (Å²) in [5.41, 5.74) is 1.88. The summed E-state index contributed by atoms with van der Waals surface area (Å²) in [5.74, 6) is -0.800. The Hall–Kier alpha value is -2.48. The molecule has 1 unspecified atom stereocenters. The second kappa shape index (κ2) is 9.77. The number of phenolic OH excluding ortho intramolecular Hbond substituents is 1. The number of likely N-dealkylation sites (N-methyl/N-ethyl adjacent to an activating group) is 2. The van der Waals surface area contributed by atoms with Crippen LogP contribution in [0.5, 0.6) is 5.75 Å². The van der Waals surface area contributed by atoms with Gasteiger partial charge in [0, 0.05) is 18.6 Å². The van der Waals surface area contributed by atoms with E-state index in [0.29, 0.717) is 11.3 Å². The van der Waals surface area contributed by atoms with Crippen LogP contribution in [-0.4, -0.2) is 53.5 Å². The molecule has 0 saturated carbocycles. The van der Waals surface area contributed by atoms with Gasteiger partial charge in [-0.3, -0.25) is 9.59 Å². The highest BCUT2D eigenvalue weighted by molar-refractivity contribution is 9.10. The van der Waals surface area contributed by atoms with E-state index in [1.54, 1.807) is 18.0 Å². The number of aromatic hydroxyl groups is 1. The van der Waals surface area contributed by atoms with Crippen molar-refractivity contribution in [3.05, 3.63) is 73.8 Å². The third-order valence-electron chi connectivity index (χ3n) is 4.84. The van der Waals surface area contributed by atoms with Gasteiger partial charge in [0.1, 0.15) is 18.4 Å². The normalized spacial score (nSPS) is 17.8. The highest BCUT2D eigenvalue weighted by atomic mass is 79.9. The molecule has 2 aromatic rings. The fourth-order valence-corrected chi connectivity index (χ4v) is 3.93. The van der Waals surface area contributed by atoms with Gasteiger partial charge in [0.2, 0.25) is 5.91 Å². The van der Waals surface area contributed by atoms with Gasteiger partial charge in [-0.15, -0.1) is 0 Å². The van der Waals surface area contributed by atoms with Crippen LogP contribution in [-0.2, 0) is 9.59 Å². The lowest BCUT2D eigenvalue weighted by molar-refractivity contribution is -0.132. The minimum atomic E-state index is -0.470. The predicted molar refractivity (Wildman–Crippen MR) is 127 cm³/mol. The molecule has 0 radical (unpaired) electrons. The Morgan fingerprint density at radius 3 is 2.39 bits per heavy atom. The number of nitrogens with one attached hydrogen (secondary N) is 1. The highest BCUT2D eigenvalue weighted by Crippen LogP contribution is 2.34. The first kappa shape index (κ1) is 23.2. The van der Waals surface area contributed by atoms with Crippen molar-refractivity contribution in [1.29, 1.82) is 0 Å². The van der Waals surface area contributed by atoms with Crippen LogP contribution >= 0.6 is 39.1 Å². The molecular weight excluding hydrogens is 505 g/mol. The average molecular weight is 525 g/mol. The first-order valence-corrected chi connectivity index (χ1v) is 10.8. The summed E-state index contributed by atoms with van der Waals surface area (Å²) in [6.45, 7) is -0.0938. The molecule has 3 rings (SSSR count).